The van der Waals surface area contributed by atoms with E-state index in [1.807, 2.05) is 41.3 Å². The van der Waals surface area contributed by atoms with Gasteiger partial charge in [-0.2, -0.15) is 0 Å². The fraction of sp³-hybridized carbons (Fsp3) is 0.333. The average Bonchev–Trinajstić information content (AvgIpc) is 3.44. The molecule has 2 aromatic carbocycles. The van der Waals surface area contributed by atoms with Gasteiger partial charge in [-0.15, -0.1) is 0 Å². The van der Waals surface area contributed by atoms with Crippen LogP contribution in [0.5, 0.6) is 0 Å². The first-order valence-electron chi connectivity index (χ1n) is 9.20. The van der Waals surface area contributed by atoms with Crippen LogP contribution in [-0.2, 0) is 17.9 Å². The number of rotatable bonds is 7. The summed E-state index contributed by atoms with van der Waals surface area (Å²) in [4.78, 5) is 18.4. The summed E-state index contributed by atoms with van der Waals surface area (Å²) in [6.45, 7) is 2.95. The summed E-state index contributed by atoms with van der Waals surface area (Å²) in [5.41, 5.74) is 3.03. The maximum Gasteiger partial charge on any atom is 0.320 e. The fourth-order valence-electron chi connectivity index (χ4n) is 3.51. The number of nitrogens with zero attached hydrogens (tertiary/aromatic N) is 3. The van der Waals surface area contributed by atoms with Gasteiger partial charge in [-0.25, -0.2) is 4.98 Å². The van der Waals surface area contributed by atoms with Crippen molar-refractivity contribution in [2.45, 2.75) is 44.9 Å². The van der Waals surface area contributed by atoms with Crippen LogP contribution in [0.3, 0.4) is 0 Å². The zero-order valence-electron chi connectivity index (χ0n) is 15.2. The van der Waals surface area contributed by atoms with E-state index >= 15 is 0 Å². The number of aromatic nitrogens is 2. The molecular weight excluding hydrogens is 362 g/mol. The minimum atomic E-state index is -0.796. The van der Waals surface area contributed by atoms with E-state index in [-0.39, 0.29) is 0 Å². The molecule has 0 amide bonds. The van der Waals surface area contributed by atoms with Crippen molar-refractivity contribution in [3.8, 4) is 0 Å². The molecule has 140 valence electrons. The third-order valence-electron chi connectivity index (χ3n) is 5.17. The third kappa shape index (κ3) is 3.84. The Hall–Kier alpha value is -2.37. The van der Waals surface area contributed by atoms with Gasteiger partial charge >= 0.3 is 5.97 Å². The Bertz CT molecular complexity index is 966. The van der Waals surface area contributed by atoms with E-state index in [1.54, 1.807) is 6.92 Å². The molecule has 5 nitrogen and oxygen atoms in total. The Morgan fingerprint density at radius 1 is 1.30 bits per heavy atom. The molecule has 27 heavy (non-hydrogen) atoms. The number of benzene rings is 2. The van der Waals surface area contributed by atoms with Crippen LogP contribution in [0.2, 0.25) is 5.02 Å². The lowest BCUT2D eigenvalue weighted by Gasteiger charge is -2.26. The number of carboxylic acids is 1. The molecule has 0 saturated heterocycles. The second-order valence-corrected chi connectivity index (χ2v) is 7.59. The first kappa shape index (κ1) is 18.0. The molecule has 0 radical (unpaired) electrons. The molecule has 1 saturated carbocycles. The largest absolute Gasteiger partial charge is 0.480 e. The van der Waals surface area contributed by atoms with E-state index in [1.165, 1.54) is 5.56 Å². The molecule has 1 heterocycles. The topological polar surface area (TPSA) is 58.4 Å². The van der Waals surface area contributed by atoms with E-state index in [0.717, 1.165) is 29.7 Å². The van der Waals surface area contributed by atoms with Crippen LogP contribution < -0.4 is 0 Å². The highest BCUT2D eigenvalue weighted by molar-refractivity contribution is 6.31. The van der Waals surface area contributed by atoms with Crippen LogP contribution in [0, 0.1) is 0 Å². The number of hydrogen-bond donors (Lipinski definition) is 1. The van der Waals surface area contributed by atoms with Gasteiger partial charge in [-0.05, 0) is 43.5 Å². The number of carboxylic acid groups (broad SMARTS) is 1. The smallest absolute Gasteiger partial charge is 0.320 e. The highest BCUT2D eigenvalue weighted by atomic mass is 35.5. The number of carbonyl (C=O) groups is 1. The standard InChI is InChI=1S/C21H22ClN3O2/c1-14(21(26)27)24(17-8-9-17)13-20-23-18-11-16(22)7-10-19(18)25(20)12-15-5-3-2-4-6-15/h2-7,10-11,14,17H,8-9,12-13H2,1H3,(H,26,27). The van der Waals surface area contributed by atoms with Gasteiger partial charge in [0.05, 0.1) is 17.6 Å². The minimum Gasteiger partial charge on any atom is -0.480 e. The van der Waals surface area contributed by atoms with Crippen molar-refractivity contribution in [2.24, 2.45) is 0 Å². The second kappa shape index (κ2) is 7.33. The van der Waals surface area contributed by atoms with Gasteiger partial charge in [-0.1, -0.05) is 41.9 Å². The summed E-state index contributed by atoms with van der Waals surface area (Å²) in [7, 11) is 0. The number of aliphatic carboxylic acids is 1. The van der Waals surface area contributed by atoms with Crippen molar-refractivity contribution < 1.29 is 9.90 Å². The molecule has 1 unspecified atom stereocenters. The Balaban J connectivity index is 1.74. The Kier molecular flexibility index (Phi) is 4.89. The molecule has 1 aromatic heterocycles. The van der Waals surface area contributed by atoms with Crippen molar-refractivity contribution in [3.63, 3.8) is 0 Å². The summed E-state index contributed by atoms with van der Waals surface area (Å²) in [5.74, 6) is 0.0757. The number of halogens is 1. The van der Waals surface area contributed by atoms with Crippen LogP contribution >= 0.6 is 11.6 Å². The minimum absolute atomic E-state index is 0.324. The zero-order chi connectivity index (χ0) is 19.0. The molecule has 3 aromatic rings. The lowest BCUT2D eigenvalue weighted by Crippen LogP contribution is -2.40. The van der Waals surface area contributed by atoms with Crippen LogP contribution in [0.25, 0.3) is 11.0 Å². The first-order valence-corrected chi connectivity index (χ1v) is 9.58. The molecule has 0 bridgehead atoms. The number of hydrogen-bond acceptors (Lipinski definition) is 3. The van der Waals surface area contributed by atoms with E-state index in [4.69, 9.17) is 16.6 Å². The molecule has 4 rings (SSSR count). The normalized spacial score (nSPS) is 15.4. The molecule has 1 N–H and O–H groups in total. The van der Waals surface area contributed by atoms with Crippen molar-refractivity contribution in [1.29, 1.82) is 0 Å². The van der Waals surface area contributed by atoms with Crippen LogP contribution in [0.15, 0.2) is 48.5 Å². The third-order valence-corrected chi connectivity index (χ3v) is 5.40. The molecule has 1 atom stereocenters. The van der Waals surface area contributed by atoms with Gasteiger partial charge in [0.15, 0.2) is 0 Å². The lowest BCUT2D eigenvalue weighted by molar-refractivity contribution is -0.143. The molecule has 0 aliphatic heterocycles. The highest BCUT2D eigenvalue weighted by Gasteiger charge is 2.36. The Labute approximate surface area is 163 Å². The summed E-state index contributed by atoms with van der Waals surface area (Å²) in [5, 5.41) is 10.2. The molecule has 1 fully saturated rings. The number of imidazole rings is 1. The van der Waals surface area contributed by atoms with Gasteiger partial charge in [0.2, 0.25) is 0 Å². The Morgan fingerprint density at radius 2 is 2.04 bits per heavy atom. The van der Waals surface area contributed by atoms with Gasteiger partial charge < -0.3 is 9.67 Å². The van der Waals surface area contributed by atoms with Crippen molar-refractivity contribution >= 4 is 28.6 Å². The maximum atomic E-state index is 11.6. The lowest BCUT2D eigenvalue weighted by atomic mass is 10.2. The van der Waals surface area contributed by atoms with E-state index in [0.29, 0.717) is 24.2 Å². The molecular formula is C21H22ClN3O2. The van der Waals surface area contributed by atoms with Crippen molar-refractivity contribution in [2.75, 3.05) is 0 Å². The van der Waals surface area contributed by atoms with Crippen molar-refractivity contribution in [3.05, 3.63) is 64.9 Å². The van der Waals surface area contributed by atoms with Gasteiger partial charge in [0.1, 0.15) is 11.9 Å². The van der Waals surface area contributed by atoms with Crippen LogP contribution in [0.4, 0.5) is 0 Å². The predicted molar refractivity (Wildman–Crippen MR) is 106 cm³/mol. The summed E-state index contributed by atoms with van der Waals surface area (Å²) in [6, 6.07) is 15.7. The van der Waals surface area contributed by atoms with E-state index in [9.17, 15) is 9.90 Å². The monoisotopic (exact) mass is 383 g/mol. The fourth-order valence-corrected chi connectivity index (χ4v) is 3.68. The molecule has 0 spiro atoms. The quantitative estimate of drug-likeness (QED) is 0.665. The van der Waals surface area contributed by atoms with E-state index < -0.39 is 12.0 Å². The van der Waals surface area contributed by atoms with Crippen LogP contribution in [0.1, 0.15) is 31.2 Å². The molecule has 6 heteroatoms. The summed E-state index contributed by atoms with van der Waals surface area (Å²) >= 11 is 6.16. The van der Waals surface area contributed by atoms with Crippen molar-refractivity contribution in [1.82, 2.24) is 14.5 Å². The number of fused-ring (bicyclic) bond motifs is 1. The zero-order valence-corrected chi connectivity index (χ0v) is 15.9. The predicted octanol–water partition coefficient (Wildman–Crippen LogP) is 4.18. The summed E-state index contributed by atoms with van der Waals surface area (Å²) in [6.07, 6.45) is 2.09. The van der Waals surface area contributed by atoms with Gasteiger partial charge in [-0.3, -0.25) is 9.69 Å². The molecule has 1 aliphatic rings. The first-order chi connectivity index (χ1) is 13.0. The Morgan fingerprint density at radius 3 is 2.70 bits per heavy atom. The average molecular weight is 384 g/mol. The highest BCUT2D eigenvalue weighted by Crippen LogP contribution is 2.31. The van der Waals surface area contributed by atoms with Crippen LogP contribution in [-0.4, -0.2) is 37.6 Å². The van der Waals surface area contributed by atoms with Gasteiger partial charge in [0, 0.05) is 17.6 Å². The summed E-state index contributed by atoms with van der Waals surface area (Å²) < 4.78 is 2.17. The van der Waals surface area contributed by atoms with Gasteiger partial charge in [0.25, 0.3) is 0 Å². The SMILES string of the molecule is CC(C(=O)O)N(Cc1nc2cc(Cl)ccc2n1Cc1ccccc1)C1CC1. The van der Waals surface area contributed by atoms with E-state index in [2.05, 4.69) is 16.7 Å². The second-order valence-electron chi connectivity index (χ2n) is 7.15. The molecule has 1 aliphatic carbocycles. The maximum absolute atomic E-state index is 11.6.